The Hall–Kier alpha value is -3.76. The number of benzene rings is 2. The summed E-state index contributed by atoms with van der Waals surface area (Å²) in [6.45, 7) is -0.576. The highest BCUT2D eigenvalue weighted by Crippen LogP contribution is 2.53. The summed E-state index contributed by atoms with van der Waals surface area (Å²) >= 11 is 0. The van der Waals surface area contributed by atoms with E-state index in [1.807, 2.05) is 0 Å². The molecule has 0 amide bonds. The minimum absolute atomic E-state index is 0.0156. The highest BCUT2D eigenvalue weighted by Gasteiger charge is 2.55. The van der Waals surface area contributed by atoms with Gasteiger partial charge in [-0.05, 0) is 48.6 Å². The third-order valence-corrected chi connectivity index (χ3v) is 7.68. The van der Waals surface area contributed by atoms with Crippen LogP contribution in [0.4, 0.5) is 14.5 Å². The Morgan fingerprint density at radius 3 is 2.60 bits per heavy atom. The predicted octanol–water partition coefficient (Wildman–Crippen LogP) is 2.21. The molecule has 1 spiro atoms. The summed E-state index contributed by atoms with van der Waals surface area (Å²) in [5.41, 5.74) is -1.85. The number of hydrogen-bond acceptors (Lipinski definition) is 6. The van der Waals surface area contributed by atoms with Crippen molar-refractivity contribution in [2.45, 2.75) is 19.4 Å². The number of halogens is 2. The van der Waals surface area contributed by atoms with Crippen LogP contribution in [0.25, 0.3) is 10.9 Å². The lowest BCUT2D eigenvalue weighted by atomic mass is 10.0. The monoisotopic (exact) mass is 503 g/mol. The van der Waals surface area contributed by atoms with Crippen molar-refractivity contribution in [1.82, 2.24) is 13.9 Å². The molecule has 2 aliphatic rings. The maximum atomic E-state index is 14.7. The van der Waals surface area contributed by atoms with Gasteiger partial charge in [-0.2, -0.15) is 18.0 Å². The second kappa shape index (κ2) is 8.17. The zero-order chi connectivity index (χ0) is 25.0. The number of fused-ring (bicyclic) bond motifs is 1. The molecule has 10 nitrogen and oxygen atoms in total. The maximum absolute atomic E-state index is 14.7. The van der Waals surface area contributed by atoms with Crippen molar-refractivity contribution in [1.29, 1.82) is 5.26 Å². The molecule has 2 heterocycles. The Morgan fingerprint density at radius 1 is 1.20 bits per heavy atom. The summed E-state index contributed by atoms with van der Waals surface area (Å²) < 4.78 is 62.6. The number of H-pyrrole nitrogens is 1. The number of alkyl halides is 1. The minimum Gasteiger partial charge on any atom is -0.453 e. The van der Waals surface area contributed by atoms with Crippen molar-refractivity contribution >= 4 is 26.8 Å². The number of nitrogens with zero attached hydrogens (tertiary/aromatic N) is 3. The van der Waals surface area contributed by atoms with Gasteiger partial charge in [-0.1, -0.05) is 0 Å². The first kappa shape index (κ1) is 23.0. The molecule has 1 aromatic heterocycles. The van der Waals surface area contributed by atoms with Crippen molar-refractivity contribution in [3.8, 4) is 17.6 Å². The van der Waals surface area contributed by atoms with Gasteiger partial charge in [0, 0.05) is 13.1 Å². The van der Waals surface area contributed by atoms with Crippen LogP contribution in [0.15, 0.2) is 39.9 Å². The number of hydrogen-bond donors (Lipinski definition) is 2. The number of anilines is 1. The van der Waals surface area contributed by atoms with Gasteiger partial charge in [0.15, 0.2) is 11.6 Å². The van der Waals surface area contributed by atoms with Gasteiger partial charge >= 0.3 is 15.9 Å². The molecule has 2 N–H and O–H groups in total. The zero-order valence-corrected chi connectivity index (χ0v) is 19.0. The third-order valence-electron chi connectivity index (χ3n) is 6.26. The highest BCUT2D eigenvalue weighted by molar-refractivity contribution is 7.90. The Morgan fingerprint density at radius 2 is 1.94 bits per heavy atom. The summed E-state index contributed by atoms with van der Waals surface area (Å²) in [5, 5.41) is 9.65. The molecular formula is C22H19F2N5O5S. The molecule has 5 rings (SSSR count). The van der Waals surface area contributed by atoms with Crippen LogP contribution in [0, 0.1) is 22.6 Å². The standard InChI is InChI=1S/C22H19F2N5O5S/c23-7-8-29-20(30)14-9-13(1-3-17(14)26-21(29)31)34-19-15(10-25)18(4-2-16(19)24)27-35(32,33)28-11-22(12-28)5-6-22/h1-4,9,27H,5-8,11-12H2,(H,26,31). The largest absolute Gasteiger partial charge is 0.453 e. The number of nitrogens with one attached hydrogen (secondary N) is 2. The fraction of sp³-hybridized carbons (Fsp3) is 0.318. The van der Waals surface area contributed by atoms with Crippen LogP contribution < -0.4 is 20.7 Å². The minimum atomic E-state index is -3.95. The summed E-state index contributed by atoms with van der Waals surface area (Å²) in [7, 11) is -3.95. The summed E-state index contributed by atoms with van der Waals surface area (Å²) in [5.74, 6) is -1.52. The SMILES string of the molecule is N#Cc1c(NS(=O)(=O)N2CC3(CC3)C2)ccc(F)c1Oc1ccc2[nH]c(=O)n(CCF)c(=O)c2c1. The van der Waals surface area contributed by atoms with E-state index in [9.17, 15) is 32.0 Å². The quantitative estimate of drug-likeness (QED) is 0.507. The Labute approximate surface area is 197 Å². The lowest BCUT2D eigenvalue weighted by Gasteiger charge is -2.38. The molecule has 182 valence electrons. The smallest absolute Gasteiger partial charge is 0.328 e. The van der Waals surface area contributed by atoms with Crippen molar-refractivity contribution in [3.05, 3.63) is 62.6 Å². The van der Waals surface area contributed by atoms with E-state index >= 15 is 0 Å². The second-order valence-electron chi connectivity index (χ2n) is 8.67. The van der Waals surface area contributed by atoms with Crippen molar-refractivity contribution in [3.63, 3.8) is 0 Å². The van der Waals surface area contributed by atoms with Crippen LogP contribution in [-0.4, -0.2) is 42.0 Å². The highest BCUT2D eigenvalue weighted by atomic mass is 32.2. The lowest BCUT2D eigenvalue weighted by Crippen LogP contribution is -2.53. The fourth-order valence-corrected chi connectivity index (χ4v) is 5.58. The molecule has 0 bridgehead atoms. The lowest BCUT2D eigenvalue weighted by molar-refractivity contribution is 0.180. The average Bonchev–Trinajstić information content (AvgIpc) is 3.60. The van der Waals surface area contributed by atoms with Gasteiger partial charge < -0.3 is 9.72 Å². The number of rotatable bonds is 7. The first-order valence-electron chi connectivity index (χ1n) is 10.7. The molecule has 0 atom stereocenters. The normalized spacial score (nSPS) is 16.6. The summed E-state index contributed by atoms with van der Waals surface area (Å²) in [6, 6.07) is 7.76. The molecule has 3 aromatic rings. The summed E-state index contributed by atoms with van der Waals surface area (Å²) in [4.78, 5) is 27.0. The van der Waals surface area contributed by atoms with E-state index in [0.29, 0.717) is 17.7 Å². The van der Waals surface area contributed by atoms with Gasteiger partial charge in [0.05, 0.1) is 23.1 Å². The van der Waals surface area contributed by atoms with E-state index in [1.165, 1.54) is 22.5 Å². The van der Waals surface area contributed by atoms with E-state index < -0.39 is 46.2 Å². The number of aromatic nitrogens is 2. The molecule has 35 heavy (non-hydrogen) atoms. The van der Waals surface area contributed by atoms with Crippen LogP contribution in [0.1, 0.15) is 18.4 Å². The first-order valence-corrected chi connectivity index (χ1v) is 12.1. The van der Waals surface area contributed by atoms with Gasteiger partial charge in [0.25, 0.3) is 5.56 Å². The van der Waals surface area contributed by atoms with Crippen molar-refractivity contribution < 1.29 is 21.9 Å². The van der Waals surface area contributed by atoms with Crippen molar-refractivity contribution in [2.75, 3.05) is 24.5 Å². The molecule has 2 aromatic carbocycles. The van der Waals surface area contributed by atoms with Gasteiger partial charge in [0.1, 0.15) is 24.1 Å². The number of nitriles is 1. The van der Waals surface area contributed by atoms with Crippen LogP contribution >= 0.6 is 0 Å². The van der Waals surface area contributed by atoms with Crippen LogP contribution in [0.2, 0.25) is 0 Å². The predicted molar refractivity (Wildman–Crippen MR) is 122 cm³/mol. The molecule has 1 aliphatic heterocycles. The molecule has 0 radical (unpaired) electrons. The Balaban J connectivity index is 1.49. The van der Waals surface area contributed by atoms with Crippen LogP contribution in [-0.2, 0) is 16.8 Å². The van der Waals surface area contributed by atoms with Crippen LogP contribution in [0.5, 0.6) is 11.5 Å². The van der Waals surface area contributed by atoms with Gasteiger partial charge in [-0.3, -0.25) is 14.1 Å². The molecule has 1 aliphatic carbocycles. The number of ether oxygens (including phenoxy) is 1. The topological polar surface area (TPSA) is 137 Å². The van der Waals surface area contributed by atoms with Crippen molar-refractivity contribution in [2.24, 2.45) is 5.41 Å². The number of aromatic amines is 1. The van der Waals surface area contributed by atoms with E-state index in [2.05, 4.69) is 9.71 Å². The second-order valence-corrected chi connectivity index (χ2v) is 10.3. The molecule has 2 fully saturated rings. The fourth-order valence-electron chi connectivity index (χ4n) is 4.12. The molecule has 1 saturated heterocycles. The Bertz CT molecular complexity index is 1610. The van der Waals surface area contributed by atoms with E-state index in [-0.39, 0.29) is 33.3 Å². The summed E-state index contributed by atoms with van der Waals surface area (Å²) in [6.07, 6.45) is 1.96. The maximum Gasteiger partial charge on any atom is 0.328 e. The first-order chi connectivity index (χ1) is 16.7. The third kappa shape index (κ3) is 4.04. The van der Waals surface area contributed by atoms with Gasteiger partial charge in [0.2, 0.25) is 0 Å². The van der Waals surface area contributed by atoms with Gasteiger partial charge in [-0.25, -0.2) is 13.6 Å². The van der Waals surface area contributed by atoms with Crippen LogP contribution in [0.3, 0.4) is 0 Å². The molecule has 1 saturated carbocycles. The molecular weight excluding hydrogens is 484 g/mol. The van der Waals surface area contributed by atoms with E-state index in [4.69, 9.17) is 4.74 Å². The average molecular weight is 503 g/mol. The molecule has 13 heteroatoms. The van der Waals surface area contributed by atoms with E-state index in [1.54, 1.807) is 6.07 Å². The molecule has 0 unspecified atom stereocenters. The zero-order valence-electron chi connectivity index (χ0n) is 18.2. The van der Waals surface area contributed by atoms with Gasteiger partial charge in [-0.15, -0.1) is 0 Å². The Kier molecular flexibility index (Phi) is 5.37. The van der Waals surface area contributed by atoms with E-state index in [0.717, 1.165) is 25.0 Å².